The minimum Gasteiger partial charge on any atom is -0.322 e. The molecule has 6 heteroatoms. The molecule has 0 atom stereocenters. The minimum absolute atomic E-state index is 0.0113. The van der Waals surface area contributed by atoms with Gasteiger partial charge in [-0.25, -0.2) is 9.37 Å². The summed E-state index contributed by atoms with van der Waals surface area (Å²) < 4.78 is 14.1. The summed E-state index contributed by atoms with van der Waals surface area (Å²) in [6.07, 6.45) is 0.966. The van der Waals surface area contributed by atoms with E-state index in [4.69, 9.17) is 11.6 Å². The number of benzene rings is 1. The maximum absolute atomic E-state index is 13.1. The molecule has 0 saturated heterocycles. The van der Waals surface area contributed by atoms with Crippen molar-refractivity contribution in [1.82, 2.24) is 4.98 Å². The summed E-state index contributed by atoms with van der Waals surface area (Å²) >= 11 is 7.95. The van der Waals surface area contributed by atoms with Gasteiger partial charge >= 0.3 is 0 Å². The van der Waals surface area contributed by atoms with Gasteiger partial charge < -0.3 is 5.32 Å². The van der Waals surface area contributed by atoms with Crippen LogP contribution in [0.25, 0.3) is 0 Å². The monoisotopic (exact) mass is 390 g/mol. The van der Waals surface area contributed by atoms with Crippen LogP contribution >= 0.6 is 34.2 Å². The largest absolute Gasteiger partial charge is 0.322 e. The van der Waals surface area contributed by atoms with E-state index >= 15 is 0 Å². The summed E-state index contributed by atoms with van der Waals surface area (Å²) in [5, 5.41) is 2.63. The first-order valence-electron chi connectivity index (χ1n) is 5.36. The molecule has 0 fully saturated rings. The minimum atomic E-state index is -0.604. The third-order valence-electron chi connectivity index (χ3n) is 2.48. The third kappa shape index (κ3) is 3.42. The molecule has 19 heavy (non-hydrogen) atoms. The quantitative estimate of drug-likeness (QED) is 0.621. The number of aryl methyl sites for hydroxylation is 1. The van der Waals surface area contributed by atoms with E-state index in [0.717, 1.165) is 21.4 Å². The number of carbonyl (C=O) groups excluding carboxylic acids is 1. The Balaban J connectivity index is 2.25. The second-order valence-corrected chi connectivity index (χ2v) is 5.43. The molecule has 0 aliphatic heterocycles. The first-order valence-corrected chi connectivity index (χ1v) is 6.81. The maximum Gasteiger partial charge on any atom is 0.258 e. The van der Waals surface area contributed by atoms with Gasteiger partial charge in [-0.15, -0.1) is 0 Å². The van der Waals surface area contributed by atoms with Crippen LogP contribution in [0.1, 0.15) is 15.9 Å². The summed E-state index contributed by atoms with van der Waals surface area (Å²) in [7, 11) is 0. The van der Waals surface area contributed by atoms with Crippen LogP contribution in [-0.2, 0) is 0 Å². The van der Waals surface area contributed by atoms with Crippen molar-refractivity contribution >= 4 is 45.8 Å². The predicted molar refractivity (Wildman–Crippen MR) is 81.1 cm³/mol. The van der Waals surface area contributed by atoms with Crippen LogP contribution in [0.5, 0.6) is 0 Å². The lowest BCUT2D eigenvalue weighted by molar-refractivity contribution is 0.102. The molecular formula is C13H9ClFIN2O. The van der Waals surface area contributed by atoms with E-state index in [-0.39, 0.29) is 10.7 Å². The van der Waals surface area contributed by atoms with Gasteiger partial charge in [0.05, 0.1) is 11.8 Å². The molecule has 1 N–H and O–H groups in total. The highest BCUT2D eigenvalue weighted by Gasteiger charge is 2.13. The van der Waals surface area contributed by atoms with Crippen molar-refractivity contribution in [3.8, 4) is 0 Å². The van der Waals surface area contributed by atoms with Crippen molar-refractivity contribution in [1.29, 1.82) is 0 Å². The van der Waals surface area contributed by atoms with Crippen LogP contribution in [0.3, 0.4) is 0 Å². The van der Waals surface area contributed by atoms with Crippen molar-refractivity contribution in [2.75, 3.05) is 5.32 Å². The Kier molecular flexibility index (Phi) is 4.36. The molecule has 0 spiro atoms. The normalized spacial score (nSPS) is 10.3. The Labute approximate surface area is 128 Å². The zero-order valence-electron chi connectivity index (χ0n) is 9.88. The molecule has 0 aliphatic rings. The number of hydrogen-bond donors (Lipinski definition) is 1. The number of hydrogen-bond acceptors (Lipinski definition) is 2. The lowest BCUT2D eigenvalue weighted by atomic mass is 10.2. The van der Waals surface area contributed by atoms with Crippen LogP contribution in [0.2, 0.25) is 5.15 Å². The van der Waals surface area contributed by atoms with Crippen molar-refractivity contribution in [3.63, 3.8) is 0 Å². The fourth-order valence-corrected chi connectivity index (χ4v) is 2.16. The maximum atomic E-state index is 13.1. The number of halogens is 3. The Morgan fingerprint density at radius 2 is 2.16 bits per heavy atom. The number of aromatic nitrogens is 1. The number of anilines is 1. The molecule has 1 heterocycles. The predicted octanol–water partition coefficient (Wildman–Crippen LogP) is 4.04. The summed E-state index contributed by atoms with van der Waals surface area (Å²) in [5.74, 6) is -1.09. The third-order valence-corrected chi connectivity index (χ3v) is 3.94. The van der Waals surface area contributed by atoms with Crippen LogP contribution in [0.4, 0.5) is 10.1 Å². The molecule has 2 rings (SSSR count). The molecule has 0 radical (unpaired) electrons. The average Bonchev–Trinajstić information content (AvgIpc) is 2.36. The standard InChI is InChI=1S/C13H9ClFIN2O/c1-7-2-3-9(5-11(7)16)18-13(19)10-4-8(15)6-17-12(10)14/h2-6H,1H3,(H,18,19). The lowest BCUT2D eigenvalue weighted by Crippen LogP contribution is -2.13. The van der Waals surface area contributed by atoms with Gasteiger partial charge in [-0.2, -0.15) is 0 Å². The van der Waals surface area contributed by atoms with E-state index in [1.54, 1.807) is 6.07 Å². The van der Waals surface area contributed by atoms with Gasteiger partial charge in [0, 0.05) is 9.26 Å². The zero-order chi connectivity index (χ0) is 14.0. The molecule has 0 saturated carbocycles. The number of carbonyl (C=O) groups is 1. The van der Waals surface area contributed by atoms with Gasteiger partial charge in [-0.3, -0.25) is 4.79 Å². The van der Waals surface area contributed by atoms with Crippen molar-refractivity contribution in [3.05, 3.63) is 56.1 Å². The van der Waals surface area contributed by atoms with E-state index < -0.39 is 11.7 Å². The van der Waals surface area contributed by atoms with Crippen molar-refractivity contribution in [2.24, 2.45) is 0 Å². The van der Waals surface area contributed by atoms with Crippen molar-refractivity contribution < 1.29 is 9.18 Å². The Morgan fingerprint density at radius 1 is 1.42 bits per heavy atom. The lowest BCUT2D eigenvalue weighted by Gasteiger charge is -2.08. The van der Waals surface area contributed by atoms with Gasteiger partial charge in [0.15, 0.2) is 0 Å². The van der Waals surface area contributed by atoms with Crippen LogP contribution in [0, 0.1) is 16.3 Å². The van der Waals surface area contributed by atoms with Gasteiger partial charge in [-0.05, 0) is 53.3 Å². The van der Waals surface area contributed by atoms with Gasteiger partial charge in [0.2, 0.25) is 0 Å². The molecular weight excluding hydrogens is 382 g/mol. The Hall–Kier alpha value is -1.21. The van der Waals surface area contributed by atoms with E-state index in [1.165, 1.54) is 0 Å². The first-order chi connectivity index (χ1) is 8.97. The first kappa shape index (κ1) is 14.2. The van der Waals surface area contributed by atoms with Gasteiger partial charge in [0.25, 0.3) is 5.91 Å². The van der Waals surface area contributed by atoms with E-state index in [1.807, 2.05) is 19.1 Å². The number of amides is 1. The van der Waals surface area contributed by atoms with Crippen LogP contribution < -0.4 is 5.32 Å². The Bertz CT molecular complexity index is 649. The molecule has 0 unspecified atom stereocenters. The van der Waals surface area contributed by atoms with E-state index in [2.05, 4.69) is 32.9 Å². The summed E-state index contributed by atoms with van der Waals surface area (Å²) in [4.78, 5) is 15.6. The van der Waals surface area contributed by atoms with E-state index in [9.17, 15) is 9.18 Å². The summed E-state index contributed by atoms with van der Waals surface area (Å²) in [5.41, 5.74) is 1.75. The average molecular weight is 391 g/mol. The van der Waals surface area contributed by atoms with E-state index in [0.29, 0.717) is 5.69 Å². The van der Waals surface area contributed by atoms with Crippen LogP contribution in [0.15, 0.2) is 30.5 Å². The molecule has 0 aliphatic carbocycles. The molecule has 1 amide bonds. The SMILES string of the molecule is Cc1ccc(NC(=O)c2cc(F)cnc2Cl)cc1I. The Morgan fingerprint density at radius 3 is 2.84 bits per heavy atom. The van der Waals surface area contributed by atoms with Gasteiger partial charge in [-0.1, -0.05) is 17.7 Å². The topological polar surface area (TPSA) is 42.0 Å². The molecule has 2 aromatic rings. The van der Waals surface area contributed by atoms with Gasteiger partial charge in [0.1, 0.15) is 11.0 Å². The van der Waals surface area contributed by atoms with Crippen molar-refractivity contribution in [2.45, 2.75) is 6.92 Å². The fraction of sp³-hybridized carbons (Fsp3) is 0.0769. The number of rotatable bonds is 2. The number of nitrogens with one attached hydrogen (secondary N) is 1. The fourth-order valence-electron chi connectivity index (χ4n) is 1.45. The highest BCUT2D eigenvalue weighted by Crippen LogP contribution is 2.19. The molecule has 1 aromatic heterocycles. The van der Waals surface area contributed by atoms with Crippen LogP contribution in [-0.4, -0.2) is 10.9 Å². The molecule has 1 aromatic carbocycles. The number of pyridine rings is 1. The zero-order valence-corrected chi connectivity index (χ0v) is 12.8. The highest BCUT2D eigenvalue weighted by atomic mass is 127. The summed E-state index contributed by atoms with van der Waals surface area (Å²) in [6.45, 7) is 1.97. The second kappa shape index (κ2) is 5.83. The smallest absolute Gasteiger partial charge is 0.258 e. The number of nitrogens with zero attached hydrogens (tertiary/aromatic N) is 1. The molecule has 0 bridgehead atoms. The summed E-state index contributed by atoms with van der Waals surface area (Å²) in [6, 6.07) is 6.55. The molecule has 98 valence electrons. The second-order valence-electron chi connectivity index (χ2n) is 3.91. The molecule has 3 nitrogen and oxygen atoms in total. The highest BCUT2D eigenvalue weighted by molar-refractivity contribution is 14.1.